The maximum atomic E-state index is 13.0. The van der Waals surface area contributed by atoms with Crippen LogP contribution in [0.4, 0.5) is 0 Å². The van der Waals surface area contributed by atoms with Gasteiger partial charge in [-0.25, -0.2) is 4.99 Å². The van der Waals surface area contributed by atoms with Gasteiger partial charge in [0.15, 0.2) is 11.5 Å². The van der Waals surface area contributed by atoms with Crippen LogP contribution in [0.3, 0.4) is 0 Å². The fraction of sp³-hybridized carbons (Fsp3) is 0.300. The van der Waals surface area contributed by atoms with Crippen molar-refractivity contribution in [2.45, 2.75) is 31.4 Å². The van der Waals surface area contributed by atoms with Crippen molar-refractivity contribution in [3.05, 3.63) is 54.1 Å². The number of hydrogen-bond donors (Lipinski definition) is 1. The number of rotatable bonds is 2. The normalized spacial score (nSPS) is 23.4. The van der Waals surface area contributed by atoms with E-state index in [1.54, 1.807) is 7.05 Å². The van der Waals surface area contributed by atoms with Gasteiger partial charge in [0.25, 0.3) is 5.91 Å². The lowest BCUT2D eigenvalue weighted by Gasteiger charge is -2.41. The molecule has 0 aromatic heterocycles. The van der Waals surface area contributed by atoms with Gasteiger partial charge in [0.05, 0.1) is 0 Å². The van der Waals surface area contributed by atoms with E-state index in [9.17, 15) is 4.79 Å². The molecule has 0 bridgehead atoms. The molecule has 2 aromatic rings. The molecule has 1 amide bonds. The molecule has 0 saturated heterocycles. The summed E-state index contributed by atoms with van der Waals surface area (Å²) in [4.78, 5) is 19.0. The lowest BCUT2D eigenvalue weighted by atomic mass is 9.77. The van der Waals surface area contributed by atoms with E-state index < -0.39 is 11.1 Å². The van der Waals surface area contributed by atoms with E-state index in [0.29, 0.717) is 23.5 Å². The van der Waals surface area contributed by atoms with Crippen LogP contribution in [0.2, 0.25) is 0 Å². The highest BCUT2D eigenvalue weighted by atomic mass is 16.5. The average Bonchev–Trinajstić information content (AvgIpc) is 2.80. The Hall–Kier alpha value is -3.02. The van der Waals surface area contributed by atoms with Crippen molar-refractivity contribution in [1.82, 2.24) is 4.90 Å². The number of nitrogens with two attached hydrogens (primary N) is 1. The highest BCUT2D eigenvalue weighted by molar-refractivity contribution is 6.07. The van der Waals surface area contributed by atoms with Gasteiger partial charge in [-0.3, -0.25) is 9.69 Å². The zero-order chi connectivity index (χ0) is 18.5. The van der Waals surface area contributed by atoms with E-state index >= 15 is 0 Å². The Morgan fingerprint density at radius 3 is 2.54 bits per heavy atom. The van der Waals surface area contributed by atoms with Crippen LogP contribution in [0.25, 0.3) is 0 Å². The summed E-state index contributed by atoms with van der Waals surface area (Å²) in [7, 11) is 1.64. The van der Waals surface area contributed by atoms with Crippen molar-refractivity contribution >= 4 is 11.9 Å². The molecule has 2 N–H and O–H groups in total. The summed E-state index contributed by atoms with van der Waals surface area (Å²) in [6, 6.07) is 15.0. The van der Waals surface area contributed by atoms with Gasteiger partial charge in [-0.1, -0.05) is 18.2 Å². The van der Waals surface area contributed by atoms with Gasteiger partial charge < -0.3 is 15.2 Å². The minimum Gasteiger partial charge on any atom is -0.487 e. The van der Waals surface area contributed by atoms with Gasteiger partial charge in [0, 0.05) is 19.0 Å². The van der Waals surface area contributed by atoms with E-state index in [1.165, 1.54) is 4.90 Å². The van der Waals surface area contributed by atoms with Crippen LogP contribution in [-0.2, 0) is 10.3 Å². The highest BCUT2D eigenvalue weighted by Crippen LogP contribution is 2.50. The first kappa shape index (κ1) is 16.4. The van der Waals surface area contributed by atoms with Crippen molar-refractivity contribution < 1.29 is 14.3 Å². The van der Waals surface area contributed by atoms with E-state index in [1.807, 2.05) is 62.4 Å². The second-order valence-electron chi connectivity index (χ2n) is 7.31. The molecule has 6 heteroatoms. The smallest absolute Gasteiger partial charge is 0.261 e. The van der Waals surface area contributed by atoms with Crippen LogP contribution in [0.1, 0.15) is 25.8 Å². The van der Waals surface area contributed by atoms with Gasteiger partial charge in [-0.15, -0.1) is 0 Å². The summed E-state index contributed by atoms with van der Waals surface area (Å²) in [6.45, 7) is 3.90. The second kappa shape index (κ2) is 5.49. The largest absolute Gasteiger partial charge is 0.487 e. The Bertz CT molecular complexity index is 908. The molecule has 134 valence electrons. The molecule has 2 heterocycles. The van der Waals surface area contributed by atoms with Gasteiger partial charge in [0.2, 0.25) is 0 Å². The number of hydrogen-bond acceptors (Lipinski definition) is 5. The van der Waals surface area contributed by atoms with E-state index in [-0.39, 0.29) is 11.9 Å². The Labute approximate surface area is 152 Å². The molecule has 0 aliphatic carbocycles. The summed E-state index contributed by atoms with van der Waals surface area (Å²) in [5.74, 6) is 2.03. The first-order valence-electron chi connectivity index (χ1n) is 8.51. The van der Waals surface area contributed by atoms with E-state index in [4.69, 9.17) is 15.2 Å². The van der Waals surface area contributed by atoms with Gasteiger partial charge in [0.1, 0.15) is 22.8 Å². The number of benzene rings is 2. The number of ether oxygens (including phenoxy) is 2. The molecule has 1 unspecified atom stereocenters. The number of amides is 1. The molecule has 6 nitrogen and oxygen atoms in total. The van der Waals surface area contributed by atoms with Gasteiger partial charge in [-0.2, -0.15) is 0 Å². The van der Waals surface area contributed by atoms with Crippen molar-refractivity contribution in [1.29, 1.82) is 0 Å². The minimum absolute atomic E-state index is 0.149. The minimum atomic E-state index is -1.08. The van der Waals surface area contributed by atoms with Gasteiger partial charge >= 0.3 is 0 Å². The molecule has 2 aliphatic heterocycles. The van der Waals surface area contributed by atoms with Gasteiger partial charge in [-0.05, 0) is 44.2 Å². The van der Waals surface area contributed by atoms with Crippen LogP contribution < -0.4 is 15.2 Å². The molecule has 4 rings (SSSR count). The quantitative estimate of drug-likeness (QED) is 0.902. The van der Waals surface area contributed by atoms with Crippen LogP contribution in [0, 0.1) is 0 Å². The SMILES string of the molecule is CN1C(=O)C2(CC(C)(C)Oc3ccc(Oc4ccccc4)cc32)N=C1N. The molecule has 1 spiro atoms. The highest BCUT2D eigenvalue weighted by Gasteiger charge is 2.55. The third kappa shape index (κ3) is 2.49. The van der Waals surface area contributed by atoms with Crippen molar-refractivity contribution in [3.8, 4) is 17.2 Å². The Morgan fingerprint density at radius 1 is 1.15 bits per heavy atom. The monoisotopic (exact) mass is 351 g/mol. The Morgan fingerprint density at radius 2 is 1.88 bits per heavy atom. The molecule has 0 fully saturated rings. The van der Waals surface area contributed by atoms with E-state index in [0.717, 1.165) is 5.75 Å². The van der Waals surface area contributed by atoms with Crippen LogP contribution in [0.5, 0.6) is 17.2 Å². The van der Waals surface area contributed by atoms with Crippen molar-refractivity contribution in [3.63, 3.8) is 0 Å². The number of para-hydroxylation sites is 1. The number of carbonyl (C=O) groups excluding carboxylic acids is 1. The summed E-state index contributed by atoms with van der Waals surface area (Å²) in [5, 5.41) is 0. The van der Waals surface area contributed by atoms with Crippen molar-refractivity contribution in [2.24, 2.45) is 10.7 Å². The first-order valence-corrected chi connectivity index (χ1v) is 8.51. The van der Waals surface area contributed by atoms with Crippen LogP contribution in [-0.4, -0.2) is 29.4 Å². The number of nitrogens with zero attached hydrogens (tertiary/aromatic N) is 2. The maximum Gasteiger partial charge on any atom is 0.261 e. The Balaban J connectivity index is 1.82. The summed E-state index contributed by atoms with van der Waals surface area (Å²) < 4.78 is 12.0. The molecular formula is C20H21N3O3. The summed E-state index contributed by atoms with van der Waals surface area (Å²) in [5.41, 5.74) is 5.03. The number of aliphatic imine (C=N–C) groups is 1. The third-order valence-electron chi connectivity index (χ3n) is 4.75. The fourth-order valence-electron chi connectivity index (χ4n) is 3.64. The summed E-state index contributed by atoms with van der Waals surface area (Å²) >= 11 is 0. The number of carbonyl (C=O) groups is 1. The van der Waals surface area contributed by atoms with Crippen LogP contribution >= 0.6 is 0 Å². The third-order valence-corrected chi connectivity index (χ3v) is 4.75. The molecule has 26 heavy (non-hydrogen) atoms. The molecule has 2 aliphatic rings. The predicted molar refractivity (Wildman–Crippen MR) is 98.4 cm³/mol. The Kier molecular flexibility index (Phi) is 3.47. The zero-order valence-corrected chi connectivity index (χ0v) is 15.0. The molecule has 0 saturated carbocycles. The van der Waals surface area contributed by atoms with E-state index in [2.05, 4.69) is 4.99 Å². The first-order chi connectivity index (χ1) is 12.3. The predicted octanol–water partition coefficient (Wildman–Crippen LogP) is 3.02. The molecule has 2 aromatic carbocycles. The zero-order valence-electron chi connectivity index (χ0n) is 15.0. The van der Waals surface area contributed by atoms with Crippen LogP contribution in [0.15, 0.2) is 53.5 Å². The standard InChI is InChI=1S/C20H21N3O3/c1-19(2)12-20(17(24)23(3)18(21)22-20)15-11-14(9-10-16(15)26-19)25-13-7-5-4-6-8-13/h4-11H,12H2,1-3H3,(H2,21,22). The lowest BCUT2D eigenvalue weighted by Crippen LogP contribution is -2.49. The lowest BCUT2D eigenvalue weighted by molar-refractivity contribution is -0.133. The number of likely N-dealkylation sites (N-methyl/N-ethyl adjacent to an activating group) is 1. The molecular weight excluding hydrogens is 330 g/mol. The molecule has 0 radical (unpaired) electrons. The average molecular weight is 351 g/mol. The second-order valence-corrected chi connectivity index (χ2v) is 7.31. The molecule has 1 atom stereocenters. The number of guanidine groups is 1. The van der Waals surface area contributed by atoms with Crippen molar-refractivity contribution in [2.75, 3.05) is 7.05 Å². The maximum absolute atomic E-state index is 13.0. The fourth-order valence-corrected chi connectivity index (χ4v) is 3.64. The topological polar surface area (TPSA) is 77.2 Å². The number of fused-ring (bicyclic) bond motifs is 2. The summed E-state index contributed by atoms with van der Waals surface area (Å²) in [6.07, 6.45) is 0.408.